The summed E-state index contributed by atoms with van der Waals surface area (Å²) in [5.41, 5.74) is 2.21. The Bertz CT molecular complexity index is 490. The van der Waals surface area contributed by atoms with Crippen LogP contribution in [0.3, 0.4) is 0 Å². The highest BCUT2D eigenvalue weighted by Gasteiger charge is 2.08. The molecular weight excluding hydrogens is 242 g/mol. The Labute approximate surface area is 112 Å². The summed E-state index contributed by atoms with van der Waals surface area (Å²) in [7, 11) is 1.72. The lowest BCUT2D eigenvalue weighted by molar-refractivity contribution is 0.126. The quantitative estimate of drug-likeness (QED) is 0.751. The summed E-state index contributed by atoms with van der Waals surface area (Å²) in [6.45, 7) is 2.71. The summed E-state index contributed by atoms with van der Waals surface area (Å²) >= 11 is 1.71. The van der Waals surface area contributed by atoms with Crippen LogP contribution in [0.25, 0.3) is 0 Å². The fourth-order valence-corrected chi connectivity index (χ4v) is 2.37. The van der Waals surface area contributed by atoms with E-state index in [9.17, 15) is 0 Å². The fraction of sp³-hybridized carbons (Fsp3) is 0.267. The van der Waals surface area contributed by atoms with Crippen molar-refractivity contribution in [2.24, 2.45) is 4.99 Å². The van der Waals surface area contributed by atoms with Crippen LogP contribution in [0.1, 0.15) is 17.4 Å². The normalized spacial score (nSPS) is 13.6. The van der Waals surface area contributed by atoms with Crippen molar-refractivity contribution < 1.29 is 4.74 Å². The van der Waals surface area contributed by atoms with Crippen LogP contribution in [0.15, 0.2) is 52.8 Å². The van der Waals surface area contributed by atoms with Crippen LogP contribution in [0.2, 0.25) is 0 Å². The summed E-state index contributed by atoms with van der Waals surface area (Å²) in [5, 5.41) is 2.08. The predicted octanol–water partition coefficient (Wildman–Crippen LogP) is 3.62. The summed E-state index contributed by atoms with van der Waals surface area (Å²) in [5.74, 6) is 0. The summed E-state index contributed by atoms with van der Waals surface area (Å²) < 4.78 is 5.25. The maximum Gasteiger partial charge on any atom is 0.0819 e. The topological polar surface area (TPSA) is 21.6 Å². The molecule has 1 aromatic heterocycles. The minimum Gasteiger partial charge on any atom is -0.380 e. The van der Waals surface area contributed by atoms with E-state index in [0.717, 1.165) is 11.3 Å². The smallest absolute Gasteiger partial charge is 0.0819 e. The van der Waals surface area contributed by atoms with Gasteiger partial charge >= 0.3 is 0 Å². The van der Waals surface area contributed by atoms with Crippen molar-refractivity contribution in [3.05, 3.63) is 58.3 Å². The lowest BCUT2D eigenvalue weighted by Gasteiger charge is -2.08. The highest BCUT2D eigenvalue weighted by Crippen LogP contribution is 2.16. The molecule has 0 saturated carbocycles. The lowest BCUT2D eigenvalue weighted by Crippen LogP contribution is -2.12. The number of hydrogen-bond acceptors (Lipinski definition) is 3. The summed E-state index contributed by atoms with van der Waals surface area (Å²) in [4.78, 5) is 5.91. The largest absolute Gasteiger partial charge is 0.380 e. The van der Waals surface area contributed by atoms with Crippen LogP contribution in [-0.4, -0.2) is 25.5 Å². The van der Waals surface area contributed by atoms with Gasteiger partial charge in [0.1, 0.15) is 0 Å². The third-order valence-corrected chi connectivity index (χ3v) is 3.59. The summed E-state index contributed by atoms with van der Waals surface area (Å²) in [6, 6.07) is 14.4. The number of aliphatic imine (C=N–C) groups is 1. The molecular formula is C15H17NOS. The zero-order valence-corrected chi connectivity index (χ0v) is 11.5. The first-order valence-corrected chi connectivity index (χ1v) is 6.85. The van der Waals surface area contributed by atoms with E-state index in [1.165, 1.54) is 4.88 Å². The van der Waals surface area contributed by atoms with E-state index in [1.54, 1.807) is 18.4 Å². The van der Waals surface area contributed by atoms with Crippen LogP contribution < -0.4 is 0 Å². The van der Waals surface area contributed by atoms with Gasteiger partial charge < -0.3 is 4.74 Å². The van der Waals surface area contributed by atoms with Gasteiger partial charge in [-0.15, -0.1) is 11.3 Å². The first-order valence-electron chi connectivity index (χ1n) is 5.98. The van der Waals surface area contributed by atoms with Crippen molar-refractivity contribution in [2.45, 2.75) is 13.0 Å². The average Bonchev–Trinajstić information content (AvgIpc) is 2.94. The molecule has 0 saturated heterocycles. The Morgan fingerprint density at radius 2 is 2.00 bits per heavy atom. The highest BCUT2D eigenvalue weighted by atomic mass is 32.1. The van der Waals surface area contributed by atoms with Gasteiger partial charge in [-0.1, -0.05) is 36.4 Å². The number of benzene rings is 1. The molecule has 18 heavy (non-hydrogen) atoms. The van der Waals surface area contributed by atoms with Crippen molar-refractivity contribution >= 4 is 17.0 Å². The van der Waals surface area contributed by atoms with Gasteiger partial charge in [0.2, 0.25) is 0 Å². The Morgan fingerprint density at radius 3 is 2.61 bits per heavy atom. The second-order valence-corrected chi connectivity index (χ2v) is 5.03. The maximum atomic E-state index is 5.25. The first-order chi connectivity index (χ1) is 8.81. The van der Waals surface area contributed by atoms with Gasteiger partial charge in [0.15, 0.2) is 0 Å². The van der Waals surface area contributed by atoms with Gasteiger partial charge in [0.05, 0.1) is 23.2 Å². The highest BCUT2D eigenvalue weighted by molar-refractivity contribution is 7.12. The molecule has 94 valence electrons. The monoisotopic (exact) mass is 259 g/mol. The number of ether oxygens (including phenoxy) is 1. The first kappa shape index (κ1) is 13.0. The molecule has 1 unspecified atom stereocenters. The van der Waals surface area contributed by atoms with Gasteiger partial charge in [-0.05, 0) is 18.4 Å². The zero-order valence-electron chi connectivity index (χ0n) is 10.7. The molecule has 1 aromatic carbocycles. The van der Waals surface area contributed by atoms with E-state index in [1.807, 2.05) is 25.1 Å². The van der Waals surface area contributed by atoms with Crippen molar-refractivity contribution in [3.8, 4) is 0 Å². The molecule has 2 aromatic rings. The SMILES string of the molecule is COC(C)CN=C(c1ccccc1)c1cccs1. The van der Waals surface area contributed by atoms with Crippen LogP contribution in [0, 0.1) is 0 Å². The van der Waals surface area contributed by atoms with Crippen LogP contribution >= 0.6 is 11.3 Å². The minimum absolute atomic E-state index is 0.142. The minimum atomic E-state index is 0.142. The molecule has 0 radical (unpaired) electrons. The number of rotatable bonds is 5. The number of nitrogens with zero attached hydrogens (tertiary/aromatic N) is 1. The third-order valence-electron chi connectivity index (χ3n) is 2.71. The van der Waals surface area contributed by atoms with Crippen LogP contribution in [0.5, 0.6) is 0 Å². The van der Waals surface area contributed by atoms with Crippen LogP contribution in [-0.2, 0) is 4.74 Å². The second-order valence-electron chi connectivity index (χ2n) is 4.08. The lowest BCUT2D eigenvalue weighted by atomic mass is 10.1. The molecule has 0 aliphatic heterocycles. The summed E-state index contributed by atoms with van der Waals surface area (Å²) in [6.07, 6.45) is 0.142. The second kappa shape index (κ2) is 6.47. The molecule has 0 spiro atoms. The van der Waals surface area contributed by atoms with Gasteiger partial charge in [-0.2, -0.15) is 0 Å². The van der Waals surface area contributed by atoms with Crippen molar-refractivity contribution in [3.63, 3.8) is 0 Å². The Balaban J connectivity index is 2.30. The van der Waals surface area contributed by atoms with Crippen LogP contribution in [0.4, 0.5) is 0 Å². The van der Waals surface area contributed by atoms with Gasteiger partial charge in [-0.3, -0.25) is 4.99 Å². The third kappa shape index (κ3) is 3.28. The van der Waals surface area contributed by atoms with E-state index in [0.29, 0.717) is 6.54 Å². The molecule has 0 N–H and O–H groups in total. The molecule has 0 amide bonds. The number of thiophene rings is 1. The number of hydrogen-bond donors (Lipinski definition) is 0. The fourth-order valence-electron chi connectivity index (χ4n) is 1.62. The van der Waals surface area contributed by atoms with E-state index in [-0.39, 0.29) is 6.10 Å². The molecule has 0 aliphatic rings. The molecule has 1 heterocycles. The van der Waals surface area contributed by atoms with E-state index in [2.05, 4.69) is 29.6 Å². The molecule has 2 nitrogen and oxygen atoms in total. The van der Waals surface area contributed by atoms with Crippen molar-refractivity contribution in [1.82, 2.24) is 0 Å². The van der Waals surface area contributed by atoms with Crippen molar-refractivity contribution in [1.29, 1.82) is 0 Å². The van der Waals surface area contributed by atoms with E-state index >= 15 is 0 Å². The zero-order chi connectivity index (χ0) is 12.8. The predicted molar refractivity (Wildman–Crippen MR) is 77.7 cm³/mol. The molecule has 3 heteroatoms. The standard InChI is InChI=1S/C15H17NOS/c1-12(17-2)11-16-15(14-9-6-10-18-14)13-7-4-3-5-8-13/h3-10,12H,11H2,1-2H3. The van der Waals surface area contributed by atoms with Gasteiger partial charge in [0.25, 0.3) is 0 Å². The average molecular weight is 259 g/mol. The Morgan fingerprint density at radius 1 is 1.22 bits per heavy atom. The van der Waals surface area contributed by atoms with Gasteiger partial charge in [0, 0.05) is 12.7 Å². The molecule has 2 rings (SSSR count). The molecule has 0 fully saturated rings. The number of methoxy groups -OCH3 is 1. The van der Waals surface area contributed by atoms with Crippen molar-refractivity contribution in [2.75, 3.05) is 13.7 Å². The Kier molecular flexibility index (Phi) is 4.67. The molecule has 0 bridgehead atoms. The Hall–Kier alpha value is -1.45. The van der Waals surface area contributed by atoms with Gasteiger partial charge in [-0.25, -0.2) is 0 Å². The maximum absolute atomic E-state index is 5.25. The van der Waals surface area contributed by atoms with E-state index < -0.39 is 0 Å². The molecule has 1 atom stereocenters. The molecule has 0 aliphatic carbocycles. The van der Waals surface area contributed by atoms with E-state index in [4.69, 9.17) is 9.73 Å².